The number of hydrogen-bond donors (Lipinski definition) is 1. The molecule has 15 heteroatoms. The number of thiophene rings is 1. The summed E-state index contributed by atoms with van der Waals surface area (Å²) in [4.78, 5) is 24.1. The van der Waals surface area contributed by atoms with Crippen molar-refractivity contribution >= 4 is 50.3 Å². The summed E-state index contributed by atoms with van der Waals surface area (Å²) in [5.41, 5.74) is 0.838. The first-order valence-corrected chi connectivity index (χ1v) is 15.3. The Bertz CT molecular complexity index is 1570. The van der Waals surface area contributed by atoms with Crippen LogP contribution in [0.25, 0.3) is 10.6 Å². The van der Waals surface area contributed by atoms with Crippen molar-refractivity contribution in [2.24, 2.45) is 0 Å². The zero-order chi connectivity index (χ0) is 28.8. The number of halogens is 4. The van der Waals surface area contributed by atoms with E-state index in [1.165, 1.54) is 4.90 Å². The molecular weight excluding hydrogens is 591 g/mol. The Labute approximate surface area is 237 Å². The molecule has 0 bridgehead atoms. The number of aromatic nitrogens is 2. The molecule has 2 aliphatic rings. The minimum absolute atomic E-state index is 0.130. The number of amides is 1. The van der Waals surface area contributed by atoms with E-state index < -0.39 is 33.2 Å². The number of fused-ring (bicyclic) bond motifs is 1. The third-order valence-electron chi connectivity index (χ3n) is 6.66. The van der Waals surface area contributed by atoms with Crippen LogP contribution in [0.4, 0.5) is 24.8 Å². The Morgan fingerprint density at radius 1 is 1.15 bits per heavy atom. The van der Waals surface area contributed by atoms with Gasteiger partial charge in [-0.15, -0.1) is 11.3 Å². The number of likely N-dealkylation sites (N-methyl/N-ethyl adjacent to an activating group) is 1. The number of carbonyl (C=O) groups is 1. The average molecular weight is 616 g/mol. The van der Waals surface area contributed by atoms with Gasteiger partial charge in [0.2, 0.25) is 5.95 Å². The van der Waals surface area contributed by atoms with Crippen LogP contribution >= 0.6 is 22.9 Å². The Hall–Kier alpha value is -2.78. The molecule has 0 aliphatic carbocycles. The highest BCUT2D eigenvalue weighted by Crippen LogP contribution is 2.41. The molecule has 0 radical (unpaired) electrons. The number of anilines is 2. The molecule has 5 rings (SSSR count). The van der Waals surface area contributed by atoms with Crippen LogP contribution in [-0.2, 0) is 33.7 Å². The predicted octanol–water partition coefficient (Wildman–Crippen LogP) is 4.48. The van der Waals surface area contributed by atoms with Gasteiger partial charge in [-0.3, -0.25) is 4.79 Å². The topological polar surface area (TPSA) is 105 Å². The van der Waals surface area contributed by atoms with Crippen LogP contribution in [0.5, 0.6) is 0 Å². The second-order valence-corrected chi connectivity index (χ2v) is 13.1. The van der Waals surface area contributed by atoms with Crippen molar-refractivity contribution in [1.29, 1.82) is 0 Å². The highest BCUT2D eigenvalue weighted by Gasteiger charge is 2.37. The van der Waals surface area contributed by atoms with Crippen LogP contribution in [0.3, 0.4) is 0 Å². The van der Waals surface area contributed by atoms with Gasteiger partial charge in [0, 0.05) is 38.6 Å². The molecule has 1 N–H and O–H groups in total. The minimum atomic E-state index is -4.84. The fraction of sp³-hybridized carbons (Fsp3) is 0.400. The molecule has 0 atom stereocenters. The molecule has 0 spiro atoms. The lowest BCUT2D eigenvalue weighted by Crippen LogP contribution is -2.40. The van der Waals surface area contributed by atoms with E-state index in [0.717, 1.165) is 43.0 Å². The second kappa shape index (κ2) is 10.9. The number of hydrogen-bond acceptors (Lipinski definition) is 9. The molecule has 214 valence electrons. The highest BCUT2D eigenvalue weighted by molar-refractivity contribution is 7.91. The summed E-state index contributed by atoms with van der Waals surface area (Å²) >= 11 is 7.12. The standard InChI is InChI=1S/C25H25ClF3N5O4S2/c1-33-4-3-14-10-18(17(26)9-15(14)13-33)31-24-30-12-16(25(27,28)29)21(32-24)19-11-20(40(2,36)37)22(39-19)23(35)34-5-7-38-8-6-34/h9-12H,3-8,13H2,1-2H3,(H,30,31,32). The predicted molar refractivity (Wildman–Crippen MR) is 145 cm³/mol. The lowest BCUT2D eigenvalue weighted by molar-refractivity contribution is -0.137. The Kier molecular flexibility index (Phi) is 7.83. The molecule has 2 aromatic heterocycles. The van der Waals surface area contributed by atoms with E-state index >= 15 is 0 Å². The van der Waals surface area contributed by atoms with Crippen LogP contribution in [0.1, 0.15) is 26.4 Å². The molecule has 1 fully saturated rings. The number of carbonyl (C=O) groups excluding carboxylic acids is 1. The Morgan fingerprint density at radius 3 is 2.55 bits per heavy atom. The summed E-state index contributed by atoms with van der Waals surface area (Å²) in [7, 11) is -1.96. The van der Waals surface area contributed by atoms with Crippen LogP contribution < -0.4 is 5.32 Å². The van der Waals surface area contributed by atoms with E-state index in [0.29, 0.717) is 28.2 Å². The summed E-state index contributed by atoms with van der Waals surface area (Å²) in [6, 6.07) is 4.70. The van der Waals surface area contributed by atoms with Crippen LogP contribution in [0.2, 0.25) is 5.02 Å². The molecule has 0 saturated carbocycles. The molecule has 3 aromatic rings. The van der Waals surface area contributed by atoms with E-state index in [9.17, 15) is 26.4 Å². The Morgan fingerprint density at radius 2 is 1.88 bits per heavy atom. The molecule has 0 unspecified atom stereocenters. The molecule has 1 aromatic carbocycles. The minimum Gasteiger partial charge on any atom is -0.378 e. The molecular formula is C25H25ClF3N5O4S2. The van der Waals surface area contributed by atoms with Gasteiger partial charge in [-0.05, 0) is 42.8 Å². The van der Waals surface area contributed by atoms with Gasteiger partial charge in [0.25, 0.3) is 5.91 Å². The molecule has 2 aliphatic heterocycles. The van der Waals surface area contributed by atoms with Crippen molar-refractivity contribution in [3.05, 3.63) is 51.0 Å². The zero-order valence-corrected chi connectivity index (χ0v) is 23.9. The zero-order valence-electron chi connectivity index (χ0n) is 21.5. The maximum Gasteiger partial charge on any atom is 0.420 e. The van der Waals surface area contributed by atoms with Crippen LogP contribution in [-0.4, -0.2) is 80.2 Å². The summed E-state index contributed by atoms with van der Waals surface area (Å²) in [5, 5.41) is 3.27. The number of rotatable bonds is 5. The molecule has 40 heavy (non-hydrogen) atoms. The first-order valence-electron chi connectivity index (χ1n) is 12.2. The largest absolute Gasteiger partial charge is 0.420 e. The van der Waals surface area contributed by atoms with Gasteiger partial charge in [0.05, 0.1) is 39.4 Å². The number of nitrogens with zero attached hydrogens (tertiary/aromatic N) is 4. The lowest BCUT2D eigenvalue weighted by atomic mass is 9.99. The van der Waals surface area contributed by atoms with Crippen molar-refractivity contribution in [2.75, 3.05) is 51.5 Å². The van der Waals surface area contributed by atoms with Gasteiger partial charge in [0.1, 0.15) is 10.4 Å². The smallest absolute Gasteiger partial charge is 0.378 e. The number of benzene rings is 1. The fourth-order valence-corrected chi connectivity index (χ4v) is 7.27. The van der Waals surface area contributed by atoms with Crippen LogP contribution in [0, 0.1) is 0 Å². The number of ether oxygens (including phenoxy) is 1. The maximum atomic E-state index is 14.0. The molecule has 9 nitrogen and oxygen atoms in total. The van der Waals surface area contributed by atoms with E-state index in [4.69, 9.17) is 16.3 Å². The first-order chi connectivity index (χ1) is 18.8. The van der Waals surface area contributed by atoms with Gasteiger partial charge in [-0.25, -0.2) is 18.4 Å². The van der Waals surface area contributed by atoms with Gasteiger partial charge in [0.15, 0.2) is 9.84 Å². The molecule has 4 heterocycles. The third kappa shape index (κ3) is 5.96. The highest BCUT2D eigenvalue weighted by atomic mass is 35.5. The van der Waals surface area contributed by atoms with Crippen molar-refractivity contribution in [3.63, 3.8) is 0 Å². The quantitative estimate of drug-likeness (QED) is 0.448. The number of alkyl halides is 3. The van der Waals surface area contributed by atoms with Gasteiger partial charge < -0.3 is 19.9 Å². The van der Waals surface area contributed by atoms with Gasteiger partial charge in [-0.1, -0.05) is 11.6 Å². The first kappa shape index (κ1) is 28.7. The summed E-state index contributed by atoms with van der Waals surface area (Å²) in [6.45, 7) is 2.61. The maximum absolute atomic E-state index is 14.0. The summed E-state index contributed by atoms with van der Waals surface area (Å²) in [5.74, 6) is -0.749. The van der Waals surface area contributed by atoms with E-state index in [-0.39, 0.29) is 46.9 Å². The number of nitrogens with one attached hydrogen (secondary N) is 1. The number of sulfone groups is 1. The van der Waals surface area contributed by atoms with E-state index in [2.05, 4.69) is 20.2 Å². The van der Waals surface area contributed by atoms with Crippen molar-refractivity contribution in [1.82, 2.24) is 19.8 Å². The molecule has 1 saturated heterocycles. The molecule has 1 amide bonds. The van der Waals surface area contributed by atoms with E-state index in [1.54, 1.807) is 6.07 Å². The SMILES string of the molecule is CN1CCc2cc(Nc3ncc(C(F)(F)F)c(-c4cc(S(C)(=O)=O)c(C(=O)N5CCOCC5)s4)n3)c(Cl)cc2C1. The lowest BCUT2D eigenvalue weighted by Gasteiger charge is -2.26. The van der Waals surface area contributed by atoms with Crippen LogP contribution in [0.15, 0.2) is 29.3 Å². The van der Waals surface area contributed by atoms with E-state index in [1.807, 2.05) is 13.1 Å². The number of morpholine rings is 1. The Balaban J connectivity index is 1.57. The van der Waals surface area contributed by atoms with Gasteiger partial charge in [-0.2, -0.15) is 13.2 Å². The fourth-order valence-electron chi connectivity index (χ4n) is 4.60. The van der Waals surface area contributed by atoms with Crippen molar-refractivity contribution < 1.29 is 31.1 Å². The van der Waals surface area contributed by atoms with Crippen molar-refractivity contribution in [2.45, 2.75) is 24.0 Å². The second-order valence-electron chi connectivity index (χ2n) is 9.65. The average Bonchev–Trinajstić information content (AvgIpc) is 3.35. The monoisotopic (exact) mass is 615 g/mol. The summed E-state index contributed by atoms with van der Waals surface area (Å²) < 4.78 is 72.5. The normalized spacial score (nSPS) is 16.6. The summed E-state index contributed by atoms with van der Waals surface area (Å²) in [6.07, 6.45) is -2.52. The van der Waals surface area contributed by atoms with Crippen molar-refractivity contribution in [3.8, 4) is 10.6 Å². The third-order valence-corrected chi connectivity index (χ3v) is 9.35. The van der Waals surface area contributed by atoms with Gasteiger partial charge >= 0.3 is 6.18 Å².